The first-order valence-electron chi connectivity index (χ1n) is 5.00. The summed E-state index contributed by atoms with van der Waals surface area (Å²) in [6.45, 7) is 2.03. The van der Waals surface area contributed by atoms with Crippen LogP contribution in [0.3, 0.4) is 0 Å². The minimum Gasteiger partial charge on any atom is -0.383 e. The first-order chi connectivity index (χ1) is 7.25. The van der Waals surface area contributed by atoms with Crippen molar-refractivity contribution < 1.29 is 0 Å². The molecule has 2 N–H and O–H groups in total. The van der Waals surface area contributed by atoms with E-state index in [4.69, 9.17) is 5.73 Å². The van der Waals surface area contributed by atoms with Gasteiger partial charge in [-0.2, -0.15) is 0 Å². The first-order valence-corrected chi connectivity index (χ1v) is 5.00. The first kappa shape index (κ1) is 9.71. The van der Waals surface area contributed by atoms with Gasteiger partial charge in [-0.05, 0) is 23.6 Å². The number of benzene rings is 1. The predicted octanol–water partition coefficient (Wildman–Crippen LogP) is 2.56. The molecule has 0 fully saturated rings. The van der Waals surface area contributed by atoms with Crippen molar-refractivity contribution in [3.8, 4) is 0 Å². The summed E-state index contributed by atoms with van der Waals surface area (Å²) in [4.78, 5) is 4.15. The van der Waals surface area contributed by atoms with Crippen molar-refractivity contribution in [2.24, 2.45) is 0 Å². The van der Waals surface area contributed by atoms with Gasteiger partial charge in [0.05, 0.1) is 0 Å². The molecule has 1 heterocycles. The SMILES string of the molecule is Cc1cnc(N)c(Cc2ccccc2)c1. The monoisotopic (exact) mass is 198 g/mol. The summed E-state index contributed by atoms with van der Waals surface area (Å²) < 4.78 is 0. The van der Waals surface area contributed by atoms with Crippen molar-refractivity contribution in [1.29, 1.82) is 0 Å². The largest absolute Gasteiger partial charge is 0.383 e. The summed E-state index contributed by atoms with van der Waals surface area (Å²) in [5.74, 6) is 0.629. The van der Waals surface area contributed by atoms with E-state index in [9.17, 15) is 0 Å². The third kappa shape index (κ3) is 2.34. The number of nitrogen functional groups attached to an aromatic ring is 1. The highest BCUT2D eigenvalue weighted by Gasteiger charge is 2.01. The van der Waals surface area contributed by atoms with Gasteiger partial charge in [-0.1, -0.05) is 36.4 Å². The third-order valence-corrected chi connectivity index (χ3v) is 2.38. The normalized spacial score (nSPS) is 10.2. The Morgan fingerprint density at radius 2 is 1.93 bits per heavy atom. The fourth-order valence-electron chi connectivity index (χ4n) is 1.60. The molecule has 76 valence electrons. The van der Waals surface area contributed by atoms with Gasteiger partial charge in [-0.25, -0.2) is 4.98 Å². The Labute approximate surface area is 89.8 Å². The molecule has 2 heteroatoms. The fraction of sp³-hybridized carbons (Fsp3) is 0.154. The Morgan fingerprint density at radius 1 is 1.20 bits per heavy atom. The Balaban J connectivity index is 2.28. The molecule has 15 heavy (non-hydrogen) atoms. The molecule has 0 bridgehead atoms. The number of pyridine rings is 1. The second-order valence-electron chi connectivity index (χ2n) is 3.72. The van der Waals surface area contributed by atoms with Crippen LogP contribution in [0.5, 0.6) is 0 Å². The Hall–Kier alpha value is -1.83. The van der Waals surface area contributed by atoms with Gasteiger partial charge in [-0.3, -0.25) is 0 Å². The molecule has 1 aromatic heterocycles. The maximum atomic E-state index is 5.83. The summed E-state index contributed by atoms with van der Waals surface area (Å²) in [7, 11) is 0. The van der Waals surface area contributed by atoms with Gasteiger partial charge in [-0.15, -0.1) is 0 Å². The number of hydrogen-bond acceptors (Lipinski definition) is 2. The molecule has 0 amide bonds. The van der Waals surface area contributed by atoms with E-state index in [1.807, 2.05) is 25.1 Å². The van der Waals surface area contributed by atoms with E-state index < -0.39 is 0 Å². The van der Waals surface area contributed by atoms with Gasteiger partial charge in [0.15, 0.2) is 0 Å². The molecule has 2 rings (SSSR count). The van der Waals surface area contributed by atoms with Gasteiger partial charge in [0.1, 0.15) is 5.82 Å². The number of anilines is 1. The Kier molecular flexibility index (Phi) is 2.68. The van der Waals surface area contributed by atoms with E-state index in [1.165, 1.54) is 5.56 Å². The van der Waals surface area contributed by atoms with Gasteiger partial charge < -0.3 is 5.73 Å². The van der Waals surface area contributed by atoms with Crippen LogP contribution in [0, 0.1) is 6.92 Å². The lowest BCUT2D eigenvalue weighted by Gasteiger charge is -2.05. The van der Waals surface area contributed by atoms with E-state index in [-0.39, 0.29) is 0 Å². The number of aryl methyl sites for hydroxylation is 1. The van der Waals surface area contributed by atoms with E-state index >= 15 is 0 Å². The quantitative estimate of drug-likeness (QED) is 0.805. The highest BCUT2D eigenvalue weighted by molar-refractivity contribution is 5.43. The van der Waals surface area contributed by atoms with E-state index in [0.717, 1.165) is 17.5 Å². The van der Waals surface area contributed by atoms with Crippen LogP contribution < -0.4 is 5.73 Å². The van der Waals surface area contributed by atoms with Crippen LogP contribution in [0.2, 0.25) is 0 Å². The lowest BCUT2D eigenvalue weighted by Crippen LogP contribution is -1.99. The Morgan fingerprint density at radius 3 is 2.67 bits per heavy atom. The molecule has 0 aliphatic carbocycles. The van der Waals surface area contributed by atoms with Crippen molar-refractivity contribution in [3.05, 3.63) is 59.3 Å². The van der Waals surface area contributed by atoms with Crippen LogP contribution in [0.15, 0.2) is 42.6 Å². The molecule has 0 saturated heterocycles. The van der Waals surface area contributed by atoms with Crippen LogP contribution in [-0.2, 0) is 6.42 Å². The van der Waals surface area contributed by atoms with Crippen LogP contribution in [0.25, 0.3) is 0 Å². The molecule has 0 unspecified atom stereocenters. The van der Waals surface area contributed by atoms with Gasteiger partial charge in [0, 0.05) is 12.6 Å². The molecule has 0 aliphatic rings. The molecule has 0 aliphatic heterocycles. The molecule has 2 aromatic rings. The van der Waals surface area contributed by atoms with Crippen molar-refractivity contribution in [2.75, 3.05) is 5.73 Å². The van der Waals surface area contributed by atoms with Crippen molar-refractivity contribution in [2.45, 2.75) is 13.3 Å². The zero-order valence-electron chi connectivity index (χ0n) is 8.77. The molecular weight excluding hydrogens is 184 g/mol. The van der Waals surface area contributed by atoms with Gasteiger partial charge >= 0.3 is 0 Å². The molecule has 0 spiro atoms. The highest BCUT2D eigenvalue weighted by Crippen LogP contribution is 2.15. The van der Waals surface area contributed by atoms with Crippen molar-refractivity contribution >= 4 is 5.82 Å². The molecule has 0 atom stereocenters. The van der Waals surface area contributed by atoms with Crippen LogP contribution in [0.4, 0.5) is 5.82 Å². The summed E-state index contributed by atoms with van der Waals surface area (Å²) in [6, 6.07) is 12.4. The van der Waals surface area contributed by atoms with Gasteiger partial charge in [0.2, 0.25) is 0 Å². The van der Waals surface area contributed by atoms with Gasteiger partial charge in [0.25, 0.3) is 0 Å². The second-order valence-corrected chi connectivity index (χ2v) is 3.72. The second kappa shape index (κ2) is 4.13. The summed E-state index contributed by atoms with van der Waals surface area (Å²) in [5, 5.41) is 0. The molecule has 0 radical (unpaired) electrons. The number of nitrogens with two attached hydrogens (primary N) is 1. The fourth-order valence-corrected chi connectivity index (χ4v) is 1.60. The van der Waals surface area contributed by atoms with Crippen molar-refractivity contribution in [1.82, 2.24) is 4.98 Å². The van der Waals surface area contributed by atoms with Crippen LogP contribution in [0.1, 0.15) is 16.7 Å². The predicted molar refractivity (Wildman–Crippen MR) is 62.6 cm³/mol. The number of aromatic nitrogens is 1. The molecular formula is C13H14N2. The maximum absolute atomic E-state index is 5.83. The van der Waals surface area contributed by atoms with Crippen molar-refractivity contribution in [3.63, 3.8) is 0 Å². The highest BCUT2D eigenvalue weighted by atomic mass is 14.8. The van der Waals surface area contributed by atoms with E-state index in [1.54, 1.807) is 6.20 Å². The zero-order valence-corrected chi connectivity index (χ0v) is 8.77. The molecule has 0 saturated carbocycles. The van der Waals surface area contributed by atoms with Crippen LogP contribution >= 0.6 is 0 Å². The van der Waals surface area contributed by atoms with E-state index in [2.05, 4.69) is 23.2 Å². The smallest absolute Gasteiger partial charge is 0.126 e. The van der Waals surface area contributed by atoms with E-state index in [0.29, 0.717) is 5.82 Å². The Bertz CT molecular complexity index is 449. The molecule has 2 nitrogen and oxygen atoms in total. The molecule has 1 aromatic carbocycles. The lowest BCUT2D eigenvalue weighted by atomic mass is 10.0. The third-order valence-electron chi connectivity index (χ3n) is 2.38. The number of hydrogen-bond donors (Lipinski definition) is 1. The average molecular weight is 198 g/mol. The number of nitrogens with zero attached hydrogens (tertiary/aromatic N) is 1. The number of rotatable bonds is 2. The average Bonchev–Trinajstić information content (AvgIpc) is 2.25. The zero-order chi connectivity index (χ0) is 10.7. The lowest BCUT2D eigenvalue weighted by molar-refractivity contribution is 1.14. The minimum atomic E-state index is 0.629. The van der Waals surface area contributed by atoms with Crippen LogP contribution in [-0.4, -0.2) is 4.98 Å². The summed E-state index contributed by atoms with van der Waals surface area (Å²) in [6.07, 6.45) is 2.64. The topological polar surface area (TPSA) is 38.9 Å². The maximum Gasteiger partial charge on any atom is 0.126 e. The minimum absolute atomic E-state index is 0.629. The summed E-state index contributed by atoms with van der Waals surface area (Å²) >= 11 is 0. The standard InChI is InChI=1S/C13H14N2/c1-10-7-12(13(14)15-9-10)8-11-5-3-2-4-6-11/h2-7,9H,8H2,1H3,(H2,14,15). The summed E-state index contributed by atoms with van der Waals surface area (Å²) in [5.41, 5.74) is 9.33.